The Kier molecular flexibility index (Phi) is 5.08. The van der Waals surface area contributed by atoms with Gasteiger partial charge in [-0.3, -0.25) is 0 Å². The van der Waals surface area contributed by atoms with E-state index in [1.807, 2.05) is 19.2 Å². The first-order valence-electron chi connectivity index (χ1n) is 6.97. The number of halogens is 1. The van der Waals surface area contributed by atoms with Gasteiger partial charge in [0.15, 0.2) is 0 Å². The van der Waals surface area contributed by atoms with Crippen molar-refractivity contribution in [1.82, 2.24) is 10.2 Å². The van der Waals surface area contributed by atoms with Crippen LogP contribution in [-0.2, 0) is 6.54 Å². The van der Waals surface area contributed by atoms with Gasteiger partial charge < -0.3 is 15.1 Å². The number of rotatable bonds is 4. The smallest absolute Gasteiger partial charge is 0.0471 e. The monoisotopic (exact) mass is 281 g/mol. The largest absolute Gasteiger partial charge is 0.371 e. The van der Waals surface area contributed by atoms with Crippen LogP contribution in [0.3, 0.4) is 0 Å². The summed E-state index contributed by atoms with van der Waals surface area (Å²) in [6.07, 6.45) is 2.44. The zero-order chi connectivity index (χ0) is 13.8. The predicted molar refractivity (Wildman–Crippen MR) is 83.1 cm³/mol. The number of benzene rings is 1. The number of piperidine rings is 1. The Balaban J connectivity index is 2.18. The summed E-state index contributed by atoms with van der Waals surface area (Å²) in [7, 11) is 6.35. The van der Waals surface area contributed by atoms with Gasteiger partial charge in [-0.25, -0.2) is 0 Å². The number of hydrogen-bond donors (Lipinski definition) is 1. The Labute approximate surface area is 121 Å². The van der Waals surface area contributed by atoms with Crippen LogP contribution in [0.15, 0.2) is 18.2 Å². The maximum absolute atomic E-state index is 6.34. The third-order valence-electron chi connectivity index (χ3n) is 4.06. The molecule has 1 saturated heterocycles. The van der Waals surface area contributed by atoms with Crippen LogP contribution in [0, 0.1) is 0 Å². The summed E-state index contributed by atoms with van der Waals surface area (Å²) < 4.78 is 0. The van der Waals surface area contributed by atoms with Gasteiger partial charge in [0.2, 0.25) is 0 Å². The molecule has 1 N–H and O–H groups in total. The van der Waals surface area contributed by atoms with Gasteiger partial charge in [0, 0.05) is 35.9 Å². The van der Waals surface area contributed by atoms with Crippen LogP contribution < -0.4 is 10.2 Å². The second-order valence-electron chi connectivity index (χ2n) is 5.41. The molecule has 0 radical (unpaired) electrons. The average Bonchev–Trinajstić information content (AvgIpc) is 2.41. The number of nitrogens with one attached hydrogen (secondary N) is 1. The number of anilines is 1. The molecule has 1 aromatic carbocycles. The van der Waals surface area contributed by atoms with Crippen molar-refractivity contribution in [3.8, 4) is 0 Å². The summed E-state index contributed by atoms with van der Waals surface area (Å²) in [6, 6.07) is 6.81. The SMILES string of the molecule is CNCc1c(Cl)cccc1N(C)C1CCN(C)CC1. The number of nitrogens with zero attached hydrogens (tertiary/aromatic N) is 2. The summed E-state index contributed by atoms with van der Waals surface area (Å²) in [6.45, 7) is 3.17. The molecule has 3 nitrogen and oxygen atoms in total. The Morgan fingerprint density at radius 3 is 2.68 bits per heavy atom. The zero-order valence-electron chi connectivity index (χ0n) is 12.1. The molecule has 1 fully saturated rings. The van der Waals surface area contributed by atoms with E-state index in [4.69, 9.17) is 11.6 Å². The van der Waals surface area contributed by atoms with E-state index in [0.717, 1.165) is 11.6 Å². The first-order valence-corrected chi connectivity index (χ1v) is 7.34. The van der Waals surface area contributed by atoms with E-state index in [-0.39, 0.29) is 0 Å². The molecule has 1 heterocycles. The zero-order valence-corrected chi connectivity index (χ0v) is 12.9. The highest BCUT2D eigenvalue weighted by molar-refractivity contribution is 6.31. The van der Waals surface area contributed by atoms with Crippen molar-refractivity contribution in [2.24, 2.45) is 0 Å². The summed E-state index contributed by atoms with van der Waals surface area (Å²) in [5, 5.41) is 4.06. The molecule has 0 spiro atoms. The molecule has 1 aliphatic heterocycles. The lowest BCUT2D eigenvalue weighted by Crippen LogP contribution is -2.42. The van der Waals surface area contributed by atoms with E-state index in [1.54, 1.807) is 0 Å². The van der Waals surface area contributed by atoms with E-state index in [9.17, 15) is 0 Å². The van der Waals surface area contributed by atoms with Crippen molar-refractivity contribution in [2.75, 3.05) is 39.1 Å². The fraction of sp³-hybridized carbons (Fsp3) is 0.600. The Morgan fingerprint density at radius 2 is 2.05 bits per heavy atom. The van der Waals surface area contributed by atoms with Gasteiger partial charge >= 0.3 is 0 Å². The third-order valence-corrected chi connectivity index (χ3v) is 4.42. The van der Waals surface area contributed by atoms with E-state index < -0.39 is 0 Å². The van der Waals surface area contributed by atoms with Crippen LogP contribution in [-0.4, -0.2) is 45.2 Å². The minimum Gasteiger partial charge on any atom is -0.371 e. The van der Waals surface area contributed by atoms with Crippen molar-refractivity contribution in [3.05, 3.63) is 28.8 Å². The maximum atomic E-state index is 6.34. The van der Waals surface area contributed by atoms with Crippen molar-refractivity contribution < 1.29 is 0 Å². The molecule has 0 aromatic heterocycles. The predicted octanol–water partition coefficient (Wildman–Crippen LogP) is 2.59. The standard InChI is InChI=1S/C15H24ClN3/c1-17-11-13-14(16)5-4-6-15(13)19(3)12-7-9-18(2)10-8-12/h4-6,12,17H,7-11H2,1-3H3. The van der Waals surface area contributed by atoms with Crippen molar-refractivity contribution in [1.29, 1.82) is 0 Å². The maximum Gasteiger partial charge on any atom is 0.0471 e. The number of hydrogen-bond acceptors (Lipinski definition) is 3. The van der Waals surface area contributed by atoms with Crippen molar-refractivity contribution in [3.63, 3.8) is 0 Å². The van der Waals surface area contributed by atoms with Gasteiger partial charge in [-0.1, -0.05) is 17.7 Å². The Hall–Kier alpha value is -0.770. The van der Waals surface area contributed by atoms with E-state index in [0.29, 0.717) is 6.04 Å². The Bertz CT molecular complexity index is 414. The molecular weight excluding hydrogens is 258 g/mol. The summed E-state index contributed by atoms with van der Waals surface area (Å²) in [5.74, 6) is 0. The molecular formula is C15H24ClN3. The second-order valence-corrected chi connectivity index (χ2v) is 5.82. The minimum absolute atomic E-state index is 0.616. The summed E-state index contributed by atoms with van der Waals surface area (Å²) in [4.78, 5) is 4.81. The first kappa shape index (κ1) is 14.6. The van der Waals surface area contributed by atoms with E-state index in [2.05, 4.69) is 35.3 Å². The molecule has 0 saturated carbocycles. The van der Waals surface area contributed by atoms with Crippen LogP contribution in [0.4, 0.5) is 5.69 Å². The van der Waals surface area contributed by atoms with E-state index >= 15 is 0 Å². The van der Waals surface area contributed by atoms with Gasteiger partial charge in [0.1, 0.15) is 0 Å². The molecule has 0 atom stereocenters. The molecule has 0 amide bonds. The highest BCUT2D eigenvalue weighted by atomic mass is 35.5. The van der Waals surface area contributed by atoms with Gasteiger partial charge in [0.25, 0.3) is 0 Å². The lowest BCUT2D eigenvalue weighted by molar-refractivity contribution is 0.252. The normalized spacial score (nSPS) is 17.7. The van der Waals surface area contributed by atoms with Gasteiger partial charge in [-0.15, -0.1) is 0 Å². The molecule has 1 aromatic rings. The van der Waals surface area contributed by atoms with Gasteiger partial charge in [-0.2, -0.15) is 0 Å². The minimum atomic E-state index is 0.616. The average molecular weight is 282 g/mol. The highest BCUT2D eigenvalue weighted by Gasteiger charge is 2.22. The molecule has 0 aliphatic carbocycles. The van der Waals surface area contributed by atoms with Crippen LogP contribution in [0.2, 0.25) is 5.02 Å². The fourth-order valence-electron chi connectivity index (χ4n) is 2.81. The van der Waals surface area contributed by atoms with Gasteiger partial charge in [0.05, 0.1) is 0 Å². The van der Waals surface area contributed by atoms with Crippen molar-refractivity contribution in [2.45, 2.75) is 25.4 Å². The van der Waals surface area contributed by atoms with Gasteiger partial charge in [-0.05, 0) is 52.2 Å². The molecule has 2 rings (SSSR count). The Morgan fingerprint density at radius 1 is 1.37 bits per heavy atom. The third kappa shape index (κ3) is 3.41. The lowest BCUT2D eigenvalue weighted by atomic mass is 10.0. The van der Waals surface area contributed by atoms with Crippen LogP contribution >= 0.6 is 11.6 Å². The highest BCUT2D eigenvalue weighted by Crippen LogP contribution is 2.30. The summed E-state index contributed by atoms with van der Waals surface area (Å²) in [5.41, 5.74) is 2.46. The van der Waals surface area contributed by atoms with Crippen LogP contribution in [0.25, 0.3) is 0 Å². The lowest BCUT2D eigenvalue weighted by Gasteiger charge is -2.37. The molecule has 1 aliphatic rings. The number of likely N-dealkylation sites (tertiary alicyclic amines) is 1. The summed E-state index contributed by atoms with van der Waals surface area (Å²) >= 11 is 6.34. The second kappa shape index (κ2) is 6.60. The molecule has 19 heavy (non-hydrogen) atoms. The topological polar surface area (TPSA) is 18.5 Å². The molecule has 4 heteroatoms. The van der Waals surface area contributed by atoms with Crippen LogP contribution in [0.1, 0.15) is 18.4 Å². The van der Waals surface area contributed by atoms with Crippen LogP contribution in [0.5, 0.6) is 0 Å². The fourth-order valence-corrected chi connectivity index (χ4v) is 3.04. The van der Waals surface area contributed by atoms with Crippen molar-refractivity contribution >= 4 is 17.3 Å². The quantitative estimate of drug-likeness (QED) is 0.915. The molecule has 106 valence electrons. The van der Waals surface area contributed by atoms with E-state index in [1.165, 1.54) is 37.2 Å². The first-order chi connectivity index (χ1) is 9.13. The molecule has 0 bridgehead atoms. The molecule has 0 unspecified atom stereocenters.